The average Bonchev–Trinajstić information content (AvgIpc) is 3.46. The standard InChI is InChI=1S/C48H49ClN2O/c1-46(2,3)32-14-20-36(21-15-32)50(37-22-16-33(17-23-37)47(4,5)6)40-28-35(49)29-41(30-40)51(38-24-18-34(19-25-38)48(7,8)9)39-26-27-43-42-12-10-11-13-44(42)52-45(43)31-39/h10-31H,1-9H3. The number of hydrogen-bond donors (Lipinski definition) is 0. The van der Waals surface area contributed by atoms with Crippen LogP contribution in [-0.4, -0.2) is 0 Å². The lowest BCUT2D eigenvalue weighted by atomic mass is 9.86. The van der Waals surface area contributed by atoms with Crippen LogP contribution >= 0.6 is 11.6 Å². The van der Waals surface area contributed by atoms with Gasteiger partial charge >= 0.3 is 0 Å². The van der Waals surface area contributed by atoms with E-state index >= 15 is 0 Å². The van der Waals surface area contributed by atoms with E-state index in [1.165, 1.54) is 16.7 Å². The van der Waals surface area contributed by atoms with Crippen molar-refractivity contribution in [3.8, 4) is 0 Å². The second-order valence-electron chi connectivity index (χ2n) is 17.0. The van der Waals surface area contributed by atoms with E-state index in [-0.39, 0.29) is 16.2 Å². The molecule has 0 aliphatic carbocycles. The Morgan fingerprint density at radius 2 is 0.769 bits per heavy atom. The molecule has 0 radical (unpaired) electrons. The number of hydrogen-bond acceptors (Lipinski definition) is 3. The Morgan fingerprint density at radius 3 is 1.21 bits per heavy atom. The number of benzene rings is 6. The normalized spacial score (nSPS) is 12.4. The van der Waals surface area contributed by atoms with Crippen molar-refractivity contribution in [2.24, 2.45) is 0 Å². The second kappa shape index (κ2) is 13.2. The Labute approximate surface area is 314 Å². The molecule has 1 heterocycles. The van der Waals surface area contributed by atoms with Crippen molar-refractivity contribution in [2.75, 3.05) is 9.80 Å². The molecular formula is C48H49ClN2O. The third kappa shape index (κ3) is 7.07. The Bertz CT molecular complexity index is 2290. The highest BCUT2D eigenvalue weighted by atomic mass is 35.5. The number of furan rings is 1. The maximum absolute atomic E-state index is 7.12. The molecule has 0 spiro atoms. The predicted octanol–water partition coefficient (Wildman–Crippen LogP) is 15.1. The number of rotatable bonds is 6. The molecule has 7 aromatic rings. The molecule has 7 rings (SSSR count). The number of para-hydroxylation sites is 1. The van der Waals surface area contributed by atoms with E-state index in [0.717, 1.165) is 56.1 Å². The van der Waals surface area contributed by atoms with Gasteiger partial charge in [0.1, 0.15) is 11.2 Å². The van der Waals surface area contributed by atoms with Crippen molar-refractivity contribution in [3.05, 3.63) is 155 Å². The van der Waals surface area contributed by atoms with E-state index in [0.29, 0.717) is 5.02 Å². The van der Waals surface area contributed by atoms with Crippen molar-refractivity contribution in [1.82, 2.24) is 0 Å². The molecule has 0 atom stereocenters. The Morgan fingerprint density at radius 1 is 0.385 bits per heavy atom. The zero-order valence-corrected chi connectivity index (χ0v) is 32.6. The first kappa shape index (κ1) is 35.4. The first-order chi connectivity index (χ1) is 24.6. The minimum Gasteiger partial charge on any atom is -0.456 e. The van der Waals surface area contributed by atoms with Gasteiger partial charge < -0.3 is 14.2 Å². The van der Waals surface area contributed by atoms with Gasteiger partial charge in [0.05, 0.1) is 0 Å². The van der Waals surface area contributed by atoms with Crippen molar-refractivity contribution >= 4 is 67.7 Å². The van der Waals surface area contributed by atoms with Gasteiger partial charge in [0, 0.05) is 56.0 Å². The number of halogens is 1. The van der Waals surface area contributed by atoms with E-state index in [4.69, 9.17) is 16.0 Å². The van der Waals surface area contributed by atoms with Crippen molar-refractivity contribution in [3.63, 3.8) is 0 Å². The summed E-state index contributed by atoms with van der Waals surface area (Å²) >= 11 is 7.12. The summed E-state index contributed by atoms with van der Waals surface area (Å²) in [4.78, 5) is 4.58. The summed E-state index contributed by atoms with van der Waals surface area (Å²) in [5.41, 5.74) is 11.8. The van der Waals surface area contributed by atoms with Gasteiger partial charge in [0.25, 0.3) is 0 Å². The van der Waals surface area contributed by atoms with Crippen molar-refractivity contribution in [1.29, 1.82) is 0 Å². The molecule has 0 saturated heterocycles. The number of nitrogens with zero attached hydrogens (tertiary/aromatic N) is 2. The zero-order valence-electron chi connectivity index (χ0n) is 31.9. The highest BCUT2D eigenvalue weighted by Gasteiger charge is 2.23. The average molecular weight is 705 g/mol. The minimum atomic E-state index is 0.0331. The molecular weight excluding hydrogens is 656 g/mol. The maximum Gasteiger partial charge on any atom is 0.137 e. The first-order valence-corrected chi connectivity index (χ1v) is 18.6. The summed E-state index contributed by atoms with van der Waals surface area (Å²) in [5, 5.41) is 2.86. The fraction of sp³-hybridized carbons (Fsp3) is 0.250. The molecule has 0 N–H and O–H groups in total. The number of fused-ring (bicyclic) bond motifs is 3. The fourth-order valence-corrected chi connectivity index (χ4v) is 7.12. The van der Waals surface area contributed by atoms with Crippen LogP contribution in [0.1, 0.15) is 79.0 Å². The lowest BCUT2D eigenvalue weighted by molar-refractivity contribution is 0.590. The van der Waals surface area contributed by atoms with E-state index < -0.39 is 0 Å². The van der Waals surface area contributed by atoms with E-state index in [2.05, 4.69) is 193 Å². The van der Waals surface area contributed by atoms with Gasteiger partial charge in [-0.25, -0.2) is 0 Å². The Balaban J connectivity index is 1.41. The molecule has 52 heavy (non-hydrogen) atoms. The molecule has 264 valence electrons. The summed E-state index contributed by atoms with van der Waals surface area (Å²) < 4.78 is 6.39. The molecule has 0 bridgehead atoms. The smallest absolute Gasteiger partial charge is 0.137 e. The third-order valence-corrected chi connectivity index (χ3v) is 10.2. The second-order valence-corrected chi connectivity index (χ2v) is 17.4. The SMILES string of the molecule is CC(C)(C)c1ccc(N(c2ccc(C(C)(C)C)cc2)c2cc(Cl)cc(N(c3ccc(C(C)(C)C)cc3)c3ccc4c(c3)oc3ccccc34)c2)cc1. The maximum atomic E-state index is 7.12. The highest BCUT2D eigenvalue weighted by molar-refractivity contribution is 6.31. The molecule has 0 unspecified atom stereocenters. The van der Waals surface area contributed by atoms with Gasteiger partial charge in [0.2, 0.25) is 0 Å². The molecule has 0 aliphatic rings. The first-order valence-electron chi connectivity index (χ1n) is 18.2. The molecule has 4 heteroatoms. The van der Waals surface area contributed by atoms with Gasteiger partial charge in [-0.2, -0.15) is 0 Å². The Kier molecular flexibility index (Phi) is 8.99. The highest BCUT2D eigenvalue weighted by Crippen LogP contribution is 2.44. The lowest BCUT2D eigenvalue weighted by Crippen LogP contribution is -2.15. The monoisotopic (exact) mass is 704 g/mol. The van der Waals surface area contributed by atoms with Crippen LogP contribution < -0.4 is 9.80 Å². The van der Waals surface area contributed by atoms with Crippen LogP contribution in [0.2, 0.25) is 5.02 Å². The van der Waals surface area contributed by atoms with Crippen LogP contribution in [0.5, 0.6) is 0 Å². The molecule has 0 fully saturated rings. The molecule has 0 amide bonds. The van der Waals surface area contributed by atoms with Gasteiger partial charge in [-0.1, -0.05) is 129 Å². The molecule has 3 nitrogen and oxygen atoms in total. The topological polar surface area (TPSA) is 19.6 Å². The van der Waals surface area contributed by atoms with E-state index in [1.807, 2.05) is 12.1 Å². The van der Waals surface area contributed by atoms with E-state index in [1.54, 1.807) is 0 Å². The summed E-state index contributed by atoms with van der Waals surface area (Å²) in [5.74, 6) is 0. The third-order valence-electron chi connectivity index (χ3n) is 9.98. The summed E-state index contributed by atoms with van der Waals surface area (Å²) in [6, 6.07) is 47.7. The van der Waals surface area contributed by atoms with Crippen LogP contribution in [0.3, 0.4) is 0 Å². The van der Waals surface area contributed by atoms with Gasteiger partial charge in [0.15, 0.2) is 0 Å². The number of anilines is 6. The Hall–Kier alpha value is -4.99. The van der Waals surface area contributed by atoms with Gasteiger partial charge in [-0.05, 0) is 106 Å². The molecule has 0 aliphatic heterocycles. The largest absolute Gasteiger partial charge is 0.456 e. The molecule has 6 aromatic carbocycles. The molecule has 1 aromatic heterocycles. The molecule has 0 saturated carbocycles. The summed E-state index contributed by atoms with van der Waals surface area (Å²) in [7, 11) is 0. The minimum absolute atomic E-state index is 0.0331. The lowest BCUT2D eigenvalue weighted by Gasteiger charge is -2.31. The van der Waals surface area contributed by atoms with Crippen molar-refractivity contribution < 1.29 is 4.42 Å². The van der Waals surface area contributed by atoms with E-state index in [9.17, 15) is 0 Å². The van der Waals surface area contributed by atoms with Crippen LogP contribution in [0, 0.1) is 0 Å². The zero-order chi connectivity index (χ0) is 37.0. The van der Waals surface area contributed by atoms with Crippen LogP contribution in [0.4, 0.5) is 34.1 Å². The van der Waals surface area contributed by atoms with Crippen LogP contribution in [0.25, 0.3) is 21.9 Å². The van der Waals surface area contributed by atoms with Gasteiger partial charge in [-0.15, -0.1) is 0 Å². The fourth-order valence-electron chi connectivity index (χ4n) is 6.90. The summed E-state index contributed by atoms with van der Waals surface area (Å²) in [6.45, 7) is 20.2. The quantitative estimate of drug-likeness (QED) is 0.172. The van der Waals surface area contributed by atoms with Gasteiger partial charge in [-0.3, -0.25) is 0 Å². The van der Waals surface area contributed by atoms with Crippen LogP contribution in [0.15, 0.2) is 138 Å². The summed E-state index contributed by atoms with van der Waals surface area (Å²) in [6.07, 6.45) is 0. The predicted molar refractivity (Wildman–Crippen MR) is 224 cm³/mol. The van der Waals surface area contributed by atoms with Crippen molar-refractivity contribution in [2.45, 2.75) is 78.6 Å². The van der Waals surface area contributed by atoms with Crippen LogP contribution in [-0.2, 0) is 16.2 Å².